The maximum atomic E-state index is 12.4. The molecule has 0 saturated heterocycles. The van der Waals surface area contributed by atoms with Crippen LogP contribution in [0.1, 0.15) is 33.3 Å². The molecule has 0 aliphatic rings. The van der Waals surface area contributed by atoms with Gasteiger partial charge in [-0.25, -0.2) is 13.1 Å². The molecule has 120 valence electrons. The maximum Gasteiger partial charge on any atom is 0.240 e. The second-order valence-corrected chi connectivity index (χ2v) is 7.00. The summed E-state index contributed by atoms with van der Waals surface area (Å²) in [6, 6.07) is 7.34. The van der Waals surface area contributed by atoms with Gasteiger partial charge < -0.3 is 10.1 Å². The van der Waals surface area contributed by atoms with Gasteiger partial charge in [0.15, 0.2) is 0 Å². The minimum Gasteiger partial charge on any atom is -0.377 e. The first-order valence-corrected chi connectivity index (χ1v) is 8.77. The Kier molecular flexibility index (Phi) is 7.31. The van der Waals surface area contributed by atoms with Gasteiger partial charge in [-0.3, -0.25) is 0 Å². The van der Waals surface area contributed by atoms with Crippen LogP contribution in [0.15, 0.2) is 29.2 Å². The highest BCUT2D eigenvalue weighted by molar-refractivity contribution is 7.89. The predicted octanol–water partition coefficient (Wildman–Crippen LogP) is 1.89. The number of hydrogen-bond donors (Lipinski definition) is 2. The smallest absolute Gasteiger partial charge is 0.240 e. The number of rotatable bonds is 9. The summed E-state index contributed by atoms with van der Waals surface area (Å²) in [7, 11) is -3.52. The second kappa shape index (κ2) is 8.48. The molecule has 1 aromatic carbocycles. The highest BCUT2D eigenvalue weighted by Gasteiger charge is 2.18. The number of sulfonamides is 1. The molecule has 0 aliphatic heterocycles. The van der Waals surface area contributed by atoms with Gasteiger partial charge in [0.2, 0.25) is 10.0 Å². The highest BCUT2D eigenvalue weighted by Crippen LogP contribution is 2.15. The quantitative estimate of drug-likeness (QED) is 0.730. The van der Waals surface area contributed by atoms with Gasteiger partial charge in [-0.05, 0) is 25.5 Å². The molecule has 2 N–H and O–H groups in total. The van der Waals surface area contributed by atoms with Crippen molar-refractivity contribution < 1.29 is 13.2 Å². The molecule has 1 unspecified atom stereocenters. The highest BCUT2D eigenvalue weighted by atomic mass is 32.2. The molecule has 0 saturated carbocycles. The standard InChI is InChI=1S/C15H26N2O3S/c1-5-20-13(4)10-17-21(18,19)15-9-7-6-8-14(15)11-16-12(2)3/h6-9,12-13,16-17H,5,10-11H2,1-4H3. The normalized spacial score (nSPS) is 13.6. The lowest BCUT2D eigenvalue weighted by molar-refractivity contribution is 0.0799. The Hall–Kier alpha value is -0.950. The molecule has 0 spiro atoms. The molecule has 5 nitrogen and oxygen atoms in total. The summed E-state index contributed by atoms with van der Waals surface area (Å²) in [4.78, 5) is 0.321. The molecule has 0 radical (unpaired) electrons. The summed E-state index contributed by atoms with van der Waals surface area (Å²) in [5, 5.41) is 3.24. The third-order valence-electron chi connectivity index (χ3n) is 2.97. The van der Waals surface area contributed by atoms with Gasteiger partial charge in [0.25, 0.3) is 0 Å². The fourth-order valence-corrected chi connectivity index (χ4v) is 3.23. The van der Waals surface area contributed by atoms with Crippen molar-refractivity contribution in [2.75, 3.05) is 13.2 Å². The van der Waals surface area contributed by atoms with Crippen molar-refractivity contribution in [1.82, 2.24) is 10.0 Å². The lowest BCUT2D eigenvalue weighted by Crippen LogP contribution is -2.33. The summed E-state index contributed by atoms with van der Waals surface area (Å²) in [6.07, 6.45) is -0.147. The molecule has 0 amide bonds. The topological polar surface area (TPSA) is 67.4 Å². The largest absolute Gasteiger partial charge is 0.377 e. The van der Waals surface area contributed by atoms with Gasteiger partial charge in [-0.2, -0.15) is 0 Å². The molecule has 1 atom stereocenters. The summed E-state index contributed by atoms with van der Waals surface area (Å²) in [6.45, 7) is 9.14. The zero-order valence-corrected chi connectivity index (χ0v) is 14.0. The molecule has 21 heavy (non-hydrogen) atoms. The van der Waals surface area contributed by atoms with Crippen molar-refractivity contribution in [2.24, 2.45) is 0 Å². The van der Waals surface area contributed by atoms with Crippen LogP contribution in [0, 0.1) is 0 Å². The lowest BCUT2D eigenvalue weighted by Gasteiger charge is -2.16. The fourth-order valence-electron chi connectivity index (χ4n) is 1.87. The summed E-state index contributed by atoms with van der Waals surface area (Å²) in [5.41, 5.74) is 0.766. The van der Waals surface area contributed by atoms with Gasteiger partial charge in [-0.1, -0.05) is 32.0 Å². The fraction of sp³-hybridized carbons (Fsp3) is 0.600. The summed E-state index contributed by atoms with van der Waals surface area (Å²) < 4.78 is 32.8. The molecular formula is C15H26N2O3S. The van der Waals surface area contributed by atoms with E-state index in [-0.39, 0.29) is 12.6 Å². The second-order valence-electron chi connectivity index (χ2n) is 5.26. The molecule has 6 heteroatoms. The van der Waals surface area contributed by atoms with Crippen molar-refractivity contribution in [3.63, 3.8) is 0 Å². The van der Waals surface area contributed by atoms with Crippen LogP contribution < -0.4 is 10.0 Å². The van der Waals surface area contributed by atoms with Gasteiger partial charge in [-0.15, -0.1) is 0 Å². The van der Waals surface area contributed by atoms with E-state index in [0.29, 0.717) is 24.1 Å². The Balaban J connectivity index is 2.82. The number of benzene rings is 1. The van der Waals surface area contributed by atoms with Crippen molar-refractivity contribution in [3.8, 4) is 0 Å². The van der Waals surface area contributed by atoms with Crippen LogP contribution >= 0.6 is 0 Å². The van der Waals surface area contributed by atoms with Gasteiger partial charge in [0.1, 0.15) is 0 Å². The monoisotopic (exact) mass is 314 g/mol. The van der Waals surface area contributed by atoms with Crippen molar-refractivity contribution in [2.45, 2.75) is 51.3 Å². The van der Waals surface area contributed by atoms with Crippen LogP contribution in [0.5, 0.6) is 0 Å². The first kappa shape index (κ1) is 18.1. The predicted molar refractivity (Wildman–Crippen MR) is 84.7 cm³/mol. The Labute approximate surface area is 128 Å². The van der Waals surface area contributed by atoms with Crippen molar-refractivity contribution in [1.29, 1.82) is 0 Å². The molecule has 1 rings (SSSR count). The molecule has 0 fully saturated rings. The third kappa shape index (κ3) is 6.13. The number of hydrogen-bond acceptors (Lipinski definition) is 4. The van der Waals surface area contributed by atoms with Crippen LogP contribution in [-0.4, -0.2) is 33.7 Å². The van der Waals surface area contributed by atoms with Crippen LogP contribution in [0.3, 0.4) is 0 Å². The van der Waals surface area contributed by atoms with E-state index in [9.17, 15) is 8.42 Å². The molecule has 1 aromatic rings. The Morgan fingerprint density at radius 3 is 2.48 bits per heavy atom. The van der Waals surface area contributed by atoms with E-state index in [4.69, 9.17) is 4.74 Å². The van der Waals surface area contributed by atoms with E-state index in [1.54, 1.807) is 12.1 Å². The average molecular weight is 314 g/mol. The van der Waals surface area contributed by atoms with E-state index >= 15 is 0 Å². The van der Waals surface area contributed by atoms with E-state index < -0.39 is 10.0 Å². The van der Waals surface area contributed by atoms with E-state index in [1.807, 2.05) is 39.8 Å². The molecule has 0 bridgehead atoms. The zero-order chi connectivity index (χ0) is 15.9. The molecular weight excluding hydrogens is 288 g/mol. The minimum atomic E-state index is -3.52. The summed E-state index contributed by atoms with van der Waals surface area (Å²) >= 11 is 0. The van der Waals surface area contributed by atoms with E-state index in [0.717, 1.165) is 5.56 Å². The van der Waals surface area contributed by atoms with Crippen molar-refractivity contribution >= 4 is 10.0 Å². The minimum absolute atomic E-state index is 0.147. The van der Waals surface area contributed by atoms with Crippen LogP contribution in [0.2, 0.25) is 0 Å². The number of nitrogens with one attached hydrogen (secondary N) is 2. The van der Waals surface area contributed by atoms with Gasteiger partial charge in [0, 0.05) is 25.7 Å². The van der Waals surface area contributed by atoms with E-state index in [1.165, 1.54) is 0 Å². The third-order valence-corrected chi connectivity index (χ3v) is 4.50. The lowest BCUT2D eigenvalue weighted by atomic mass is 10.2. The van der Waals surface area contributed by atoms with Crippen LogP contribution in [0.4, 0.5) is 0 Å². The Morgan fingerprint density at radius 2 is 1.86 bits per heavy atom. The first-order chi connectivity index (χ1) is 9.86. The Morgan fingerprint density at radius 1 is 1.19 bits per heavy atom. The molecule has 0 heterocycles. The SMILES string of the molecule is CCOC(C)CNS(=O)(=O)c1ccccc1CNC(C)C. The summed E-state index contributed by atoms with van der Waals surface area (Å²) in [5.74, 6) is 0. The molecule has 0 aliphatic carbocycles. The van der Waals surface area contributed by atoms with Crippen LogP contribution in [0.25, 0.3) is 0 Å². The maximum absolute atomic E-state index is 12.4. The first-order valence-electron chi connectivity index (χ1n) is 7.29. The zero-order valence-electron chi connectivity index (χ0n) is 13.2. The Bertz CT molecular complexity index is 529. The van der Waals surface area contributed by atoms with Gasteiger partial charge >= 0.3 is 0 Å². The average Bonchev–Trinajstić information content (AvgIpc) is 2.44. The van der Waals surface area contributed by atoms with Crippen molar-refractivity contribution in [3.05, 3.63) is 29.8 Å². The molecule has 0 aromatic heterocycles. The van der Waals surface area contributed by atoms with Crippen LogP contribution in [-0.2, 0) is 21.3 Å². The van der Waals surface area contributed by atoms with E-state index in [2.05, 4.69) is 10.0 Å². The van der Waals surface area contributed by atoms with Gasteiger partial charge in [0.05, 0.1) is 11.0 Å². The number of ether oxygens (including phenoxy) is 1.